The lowest BCUT2D eigenvalue weighted by molar-refractivity contribution is -0.127. The van der Waals surface area contributed by atoms with Crippen LogP contribution in [0.25, 0.3) is 0 Å². The zero-order chi connectivity index (χ0) is 17.5. The third kappa shape index (κ3) is 6.42. The maximum Gasteiger partial charge on any atom is 0.243 e. The molecule has 0 saturated heterocycles. The molecule has 9 nitrogen and oxygen atoms in total. The fraction of sp³-hybridized carbons (Fsp3) is 0.733. The summed E-state index contributed by atoms with van der Waals surface area (Å²) in [6.45, 7) is 4.01. The second kappa shape index (κ2) is 10.5. The molecule has 0 bridgehead atoms. The van der Waals surface area contributed by atoms with Gasteiger partial charge in [0.2, 0.25) is 5.91 Å². The minimum absolute atomic E-state index is 0. The summed E-state index contributed by atoms with van der Waals surface area (Å²) in [6, 6.07) is 0.196. The summed E-state index contributed by atoms with van der Waals surface area (Å²) in [6.07, 6.45) is 1.79. The molecule has 0 fully saturated rings. The van der Waals surface area contributed by atoms with Crippen molar-refractivity contribution in [3.05, 3.63) is 11.6 Å². The fourth-order valence-corrected chi connectivity index (χ4v) is 2.47. The van der Waals surface area contributed by atoms with Gasteiger partial charge in [-0.1, -0.05) is 0 Å². The number of aliphatic imine (C=N–C) groups is 1. The number of amides is 1. The predicted octanol–water partition coefficient (Wildman–Crippen LogP) is 0.000600. The minimum atomic E-state index is -0.0291. The number of carbonyl (C=O) groups is 1. The Balaban J connectivity index is 0.00000312. The van der Waals surface area contributed by atoms with Crippen LogP contribution in [0.1, 0.15) is 25.0 Å². The molecule has 0 spiro atoms. The molecule has 1 aromatic rings. The Bertz CT molecular complexity index is 588. The smallest absolute Gasteiger partial charge is 0.243 e. The first-order valence-electron chi connectivity index (χ1n) is 8.20. The first-order chi connectivity index (χ1) is 11.5. The van der Waals surface area contributed by atoms with Gasteiger partial charge in [-0.2, -0.15) is 5.10 Å². The molecule has 0 saturated carbocycles. The van der Waals surface area contributed by atoms with Crippen molar-refractivity contribution >= 4 is 35.8 Å². The van der Waals surface area contributed by atoms with Crippen LogP contribution in [-0.4, -0.2) is 71.9 Å². The second-order valence-corrected chi connectivity index (χ2v) is 5.92. The molecule has 1 atom stereocenters. The number of methoxy groups -OCH3 is 1. The van der Waals surface area contributed by atoms with E-state index in [1.54, 1.807) is 21.2 Å². The lowest BCUT2D eigenvalue weighted by Crippen LogP contribution is -2.47. The van der Waals surface area contributed by atoms with Gasteiger partial charge in [-0.05, 0) is 13.3 Å². The number of halogens is 1. The zero-order valence-electron chi connectivity index (χ0n) is 15.3. The molecule has 1 unspecified atom stereocenters. The number of ether oxygens (including phenoxy) is 1. The molecule has 142 valence electrons. The Kier molecular flexibility index (Phi) is 9.11. The van der Waals surface area contributed by atoms with Crippen LogP contribution in [0.4, 0.5) is 0 Å². The molecule has 0 aliphatic carbocycles. The van der Waals surface area contributed by atoms with Gasteiger partial charge in [0.15, 0.2) is 11.8 Å². The number of rotatable bonds is 6. The average Bonchev–Trinajstić information content (AvgIpc) is 2.94. The van der Waals surface area contributed by atoms with Crippen LogP contribution < -0.4 is 10.6 Å². The van der Waals surface area contributed by atoms with Crippen molar-refractivity contribution in [3.8, 4) is 0 Å². The SMILES string of the molecule is CCNC(=NCC(=O)N(C)C)NC1CCc2nc(COC)nn2C1.I. The Hall–Kier alpha value is -1.43. The van der Waals surface area contributed by atoms with Crippen molar-refractivity contribution in [3.63, 3.8) is 0 Å². The molecule has 0 aromatic carbocycles. The molecule has 2 N–H and O–H groups in total. The molecule has 1 aliphatic heterocycles. The van der Waals surface area contributed by atoms with E-state index in [4.69, 9.17) is 4.74 Å². The van der Waals surface area contributed by atoms with Gasteiger partial charge in [0.1, 0.15) is 19.0 Å². The van der Waals surface area contributed by atoms with E-state index in [0.29, 0.717) is 18.4 Å². The first-order valence-corrected chi connectivity index (χ1v) is 8.20. The Labute approximate surface area is 165 Å². The van der Waals surface area contributed by atoms with Crippen LogP contribution in [-0.2, 0) is 29.1 Å². The summed E-state index contributed by atoms with van der Waals surface area (Å²) >= 11 is 0. The van der Waals surface area contributed by atoms with Gasteiger partial charge >= 0.3 is 0 Å². The zero-order valence-corrected chi connectivity index (χ0v) is 17.6. The Morgan fingerprint density at radius 2 is 2.24 bits per heavy atom. The van der Waals surface area contributed by atoms with Gasteiger partial charge in [0, 0.05) is 40.2 Å². The largest absolute Gasteiger partial charge is 0.377 e. The number of aromatic nitrogens is 3. The van der Waals surface area contributed by atoms with Crippen LogP contribution in [0.5, 0.6) is 0 Å². The van der Waals surface area contributed by atoms with Crippen molar-refractivity contribution in [1.29, 1.82) is 0 Å². The molecular weight excluding hydrogens is 437 g/mol. The van der Waals surface area contributed by atoms with E-state index in [1.807, 2.05) is 11.6 Å². The van der Waals surface area contributed by atoms with Crippen molar-refractivity contribution in [1.82, 2.24) is 30.3 Å². The third-order valence-electron chi connectivity index (χ3n) is 3.73. The minimum Gasteiger partial charge on any atom is -0.377 e. The predicted molar refractivity (Wildman–Crippen MR) is 106 cm³/mol. The third-order valence-corrected chi connectivity index (χ3v) is 3.73. The summed E-state index contributed by atoms with van der Waals surface area (Å²) in [4.78, 5) is 22.1. The summed E-state index contributed by atoms with van der Waals surface area (Å²) in [7, 11) is 5.09. The number of hydrogen-bond donors (Lipinski definition) is 2. The highest BCUT2D eigenvalue weighted by atomic mass is 127. The van der Waals surface area contributed by atoms with Gasteiger partial charge in [0.25, 0.3) is 0 Å². The number of fused-ring (bicyclic) bond motifs is 1. The number of nitrogens with one attached hydrogen (secondary N) is 2. The average molecular weight is 465 g/mol. The normalized spacial score (nSPS) is 16.6. The molecule has 2 heterocycles. The summed E-state index contributed by atoms with van der Waals surface area (Å²) in [5.41, 5.74) is 0. The highest BCUT2D eigenvalue weighted by Crippen LogP contribution is 2.13. The molecule has 0 radical (unpaired) electrons. The second-order valence-electron chi connectivity index (χ2n) is 5.92. The fourth-order valence-electron chi connectivity index (χ4n) is 2.47. The summed E-state index contributed by atoms with van der Waals surface area (Å²) < 4.78 is 7.00. The highest BCUT2D eigenvalue weighted by molar-refractivity contribution is 14.0. The Morgan fingerprint density at radius 1 is 1.48 bits per heavy atom. The number of guanidine groups is 1. The molecule has 10 heteroatoms. The van der Waals surface area contributed by atoms with Gasteiger partial charge in [-0.3, -0.25) is 4.79 Å². The molecule has 1 aromatic heterocycles. The first kappa shape index (κ1) is 21.6. The number of nitrogens with zero attached hydrogens (tertiary/aromatic N) is 5. The highest BCUT2D eigenvalue weighted by Gasteiger charge is 2.22. The number of aryl methyl sites for hydroxylation is 1. The molecule has 25 heavy (non-hydrogen) atoms. The summed E-state index contributed by atoms with van der Waals surface area (Å²) in [5.74, 6) is 2.33. The maximum atomic E-state index is 11.7. The quantitative estimate of drug-likeness (QED) is 0.349. The van der Waals surface area contributed by atoms with Crippen LogP contribution >= 0.6 is 24.0 Å². The van der Waals surface area contributed by atoms with Gasteiger partial charge < -0.3 is 20.3 Å². The molecular formula is C15H28IN7O2. The number of hydrogen-bond acceptors (Lipinski definition) is 5. The van der Waals surface area contributed by atoms with E-state index in [2.05, 4.69) is 25.7 Å². The Morgan fingerprint density at radius 3 is 2.88 bits per heavy atom. The molecule has 2 rings (SSSR count). The van der Waals surface area contributed by atoms with Crippen LogP contribution in [0, 0.1) is 0 Å². The van der Waals surface area contributed by atoms with E-state index in [1.165, 1.54) is 4.90 Å². The van der Waals surface area contributed by atoms with Gasteiger partial charge in [-0.15, -0.1) is 24.0 Å². The standard InChI is InChI=1S/C15H27N7O2.HI/c1-5-16-15(17-8-14(23)21(2)3)18-11-6-7-13-19-12(10-24-4)20-22(13)9-11;/h11H,5-10H2,1-4H3,(H2,16,17,18);1H. The lowest BCUT2D eigenvalue weighted by atomic mass is 10.1. The van der Waals surface area contributed by atoms with Crippen LogP contribution in [0.3, 0.4) is 0 Å². The number of carbonyl (C=O) groups excluding carboxylic acids is 1. The van der Waals surface area contributed by atoms with Crippen molar-refractivity contribution in [2.45, 2.75) is 39.0 Å². The van der Waals surface area contributed by atoms with Crippen LogP contribution in [0.2, 0.25) is 0 Å². The van der Waals surface area contributed by atoms with Crippen molar-refractivity contribution in [2.24, 2.45) is 4.99 Å². The topological polar surface area (TPSA) is 96.7 Å². The van der Waals surface area contributed by atoms with E-state index < -0.39 is 0 Å². The van der Waals surface area contributed by atoms with Crippen molar-refractivity contribution in [2.75, 3.05) is 34.3 Å². The van der Waals surface area contributed by atoms with E-state index in [0.717, 1.165) is 31.8 Å². The number of likely N-dealkylation sites (N-methyl/N-ethyl adjacent to an activating group) is 1. The molecule has 1 aliphatic rings. The monoisotopic (exact) mass is 465 g/mol. The lowest BCUT2D eigenvalue weighted by Gasteiger charge is -2.25. The molecule has 1 amide bonds. The van der Waals surface area contributed by atoms with Crippen LogP contribution in [0.15, 0.2) is 4.99 Å². The van der Waals surface area contributed by atoms with Gasteiger partial charge in [-0.25, -0.2) is 14.7 Å². The van der Waals surface area contributed by atoms with E-state index in [9.17, 15) is 4.79 Å². The van der Waals surface area contributed by atoms with Crippen molar-refractivity contribution < 1.29 is 9.53 Å². The maximum absolute atomic E-state index is 11.7. The summed E-state index contributed by atoms with van der Waals surface area (Å²) in [5, 5.41) is 11.0. The van der Waals surface area contributed by atoms with Gasteiger partial charge in [0.05, 0.1) is 6.54 Å². The van der Waals surface area contributed by atoms with E-state index >= 15 is 0 Å². The van der Waals surface area contributed by atoms with E-state index in [-0.39, 0.29) is 42.5 Å².